The summed E-state index contributed by atoms with van der Waals surface area (Å²) in [6.07, 6.45) is 0.0341. The summed E-state index contributed by atoms with van der Waals surface area (Å²) in [4.78, 5) is 10.9. The zero-order valence-corrected chi connectivity index (χ0v) is 9.64. The van der Waals surface area contributed by atoms with Crippen LogP contribution in [0, 0.1) is 6.92 Å². The molecule has 5 nitrogen and oxygen atoms in total. The molecule has 17 heavy (non-hydrogen) atoms. The Labute approximate surface area is 100 Å². The first kappa shape index (κ1) is 13.4. The van der Waals surface area contributed by atoms with E-state index in [0.717, 1.165) is 11.3 Å². The second kappa shape index (κ2) is 6.80. The van der Waals surface area contributed by atoms with Gasteiger partial charge in [0.2, 0.25) is 0 Å². The fourth-order valence-corrected chi connectivity index (χ4v) is 1.42. The molecule has 0 aromatic heterocycles. The van der Waals surface area contributed by atoms with E-state index in [1.807, 2.05) is 31.2 Å². The number of carbonyl (C=O) groups is 1. The second-order valence-electron chi connectivity index (χ2n) is 3.66. The van der Waals surface area contributed by atoms with Gasteiger partial charge >= 0.3 is 99.8 Å². The predicted molar refractivity (Wildman–Crippen MR) is 65.5 cm³/mol. The Morgan fingerprint density at radius 3 is 2.76 bits per heavy atom. The van der Waals surface area contributed by atoms with E-state index in [2.05, 4.69) is 10.6 Å². The van der Waals surface area contributed by atoms with Crippen molar-refractivity contribution < 1.29 is 14.6 Å². The van der Waals surface area contributed by atoms with Gasteiger partial charge in [0.25, 0.3) is 0 Å². The summed E-state index contributed by atoms with van der Waals surface area (Å²) >= 11 is 0. The van der Waals surface area contributed by atoms with E-state index in [1.54, 1.807) is 0 Å². The molecule has 1 rings (SSSR count). The number of hydrogen-bond donors (Lipinski definition) is 3. The van der Waals surface area contributed by atoms with Crippen LogP contribution in [0.25, 0.3) is 0 Å². The number of nitrogens with one attached hydrogen (secondary N) is 2. The summed E-state index contributed by atoms with van der Waals surface area (Å²) in [5.41, 5.74) is 1.94. The van der Waals surface area contributed by atoms with Gasteiger partial charge in [-0.05, 0) is 0 Å². The molecule has 0 aliphatic heterocycles. The van der Waals surface area contributed by atoms with Crippen LogP contribution >= 0.6 is 0 Å². The van der Waals surface area contributed by atoms with Crippen molar-refractivity contribution in [3.63, 3.8) is 0 Å². The molecule has 0 radical (unpaired) electrons. The van der Waals surface area contributed by atoms with Crippen molar-refractivity contribution in [3.8, 4) is 0 Å². The maximum absolute atomic E-state index is 10.9. The van der Waals surface area contributed by atoms with Crippen LogP contribution in [0.3, 0.4) is 0 Å². The van der Waals surface area contributed by atoms with E-state index >= 15 is 0 Å². The molecule has 3 N–H and O–H groups in total. The van der Waals surface area contributed by atoms with Crippen LogP contribution in [0.5, 0.6) is 0 Å². The van der Waals surface area contributed by atoms with Gasteiger partial charge in [-0.1, -0.05) is 0 Å². The van der Waals surface area contributed by atoms with E-state index in [-0.39, 0.29) is 13.0 Å². The van der Waals surface area contributed by atoms with Crippen LogP contribution in [0.2, 0.25) is 0 Å². The van der Waals surface area contributed by atoms with Crippen molar-refractivity contribution in [1.82, 2.24) is 5.32 Å². The fraction of sp³-hybridized carbons (Fsp3) is 0.364. The van der Waals surface area contributed by atoms with Crippen molar-refractivity contribution in [2.75, 3.05) is 18.3 Å². The van der Waals surface area contributed by atoms with Crippen LogP contribution in [0.15, 0.2) is 24.3 Å². The molecular formula is C11H15BN2O3. The van der Waals surface area contributed by atoms with Gasteiger partial charge in [0.1, 0.15) is 0 Å². The van der Waals surface area contributed by atoms with Gasteiger partial charge in [0.05, 0.1) is 0 Å². The minimum absolute atomic E-state index is 0.0341. The molecule has 0 spiro atoms. The third-order valence-corrected chi connectivity index (χ3v) is 2.39. The number of hydrogen-bond acceptors (Lipinski definition) is 4. The number of carboxylic acids is 1. The van der Waals surface area contributed by atoms with Crippen molar-refractivity contribution in [2.45, 2.75) is 13.0 Å². The normalized spacial score (nSPS) is 11.6. The van der Waals surface area contributed by atoms with E-state index < -0.39 is 12.0 Å². The molecule has 1 atom stereocenters. The summed E-state index contributed by atoms with van der Waals surface area (Å²) in [6, 6.07) is 6.84. The standard InChI is InChI=1S/C11H15BN2O3/c1-8-4-2-3-5-9(8)13-6-10(11(15)16)14-7-12-17/h2-5,10,13-14H,6-7H2,1H3,(H,15,16)/t10-/m0/s1. The molecule has 0 saturated carbocycles. The van der Waals surface area contributed by atoms with Gasteiger partial charge in [-0.25, -0.2) is 0 Å². The van der Waals surface area contributed by atoms with Crippen molar-refractivity contribution in [3.05, 3.63) is 29.8 Å². The summed E-state index contributed by atoms with van der Waals surface area (Å²) in [6.45, 7) is 2.17. The van der Waals surface area contributed by atoms with Crippen LogP contribution in [0.4, 0.5) is 5.69 Å². The fourth-order valence-electron chi connectivity index (χ4n) is 1.42. The minimum atomic E-state index is -0.979. The third-order valence-electron chi connectivity index (χ3n) is 2.39. The van der Waals surface area contributed by atoms with Crippen molar-refractivity contribution >= 4 is 18.8 Å². The Bertz CT molecular complexity index is 398. The molecule has 0 unspecified atom stereocenters. The maximum atomic E-state index is 10.9. The van der Waals surface area contributed by atoms with Crippen LogP contribution < -0.4 is 10.6 Å². The zero-order valence-electron chi connectivity index (χ0n) is 9.64. The van der Waals surface area contributed by atoms with Gasteiger partial charge < -0.3 is 0 Å². The molecule has 6 heteroatoms. The average molecular weight is 234 g/mol. The Morgan fingerprint density at radius 1 is 1.47 bits per heavy atom. The number of aryl methyl sites for hydroxylation is 1. The molecule has 0 amide bonds. The number of anilines is 1. The first-order valence-electron chi connectivity index (χ1n) is 5.34. The third kappa shape index (κ3) is 4.36. The number of para-hydroxylation sites is 1. The quantitative estimate of drug-likeness (QED) is 0.597. The molecule has 0 aliphatic rings. The summed E-state index contributed by atoms with van der Waals surface area (Å²) < 4.78 is 10.2. The number of rotatable bonds is 7. The molecule has 1 aromatic carbocycles. The van der Waals surface area contributed by atoms with Gasteiger partial charge in [0.15, 0.2) is 0 Å². The summed E-state index contributed by atoms with van der Waals surface area (Å²) in [5.74, 6) is -0.979. The van der Waals surface area contributed by atoms with Gasteiger partial charge in [-0.2, -0.15) is 0 Å². The predicted octanol–water partition coefficient (Wildman–Crippen LogP) is 0.457. The molecule has 0 bridgehead atoms. The SMILES string of the molecule is Cc1ccccc1NC[C@H](NCB=O)C(=O)O. The average Bonchev–Trinajstić information content (AvgIpc) is 2.31. The van der Waals surface area contributed by atoms with E-state index in [0.29, 0.717) is 7.15 Å². The Kier molecular flexibility index (Phi) is 5.35. The van der Waals surface area contributed by atoms with Gasteiger partial charge in [0, 0.05) is 0 Å². The molecular weight excluding hydrogens is 219 g/mol. The van der Waals surface area contributed by atoms with Crippen LogP contribution in [-0.4, -0.2) is 37.3 Å². The first-order valence-corrected chi connectivity index (χ1v) is 5.34. The Balaban J connectivity index is 2.54. The summed E-state index contributed by atoms with van der Waals surface area (Å²) in [5, 5.41) is 14.6. The molecule has 0 aliphatic carbocycles. The molecule has 0 fully saturated rings. The van der Waals surface area contributed by atoms with E-state index in [9.17, 15) is 9.50 Å². The topological polar surface area (TPSA) is 78.4 Å². The van der Waals surface area contributed by atoms with Crippen molar-refractivity contribution in [2.24, 2.45) is 0 Å². The number of carboxylic acid groups (broad SMARTS) is 1. The molecule has 0 saturated heterocycles. The Morgan fingerprint density at radius 2 is 2.18 bits per heavy atom. The first-order chi connectivity index (χ1) is 8.15. The molecule has 1 aromatic rings. The molecule has 0 heterocycles. The summed E-state index contributed by atoms with van der Waals surface area (Å²) in [7, 11) is 0.643. The Hall–Kier alpha value is -1.69. The zero-order chi connectivity index (χ0) is 12.7. The van der Waals surface area contributed by atoms with Crippen molar-refractivity contribution in [1.29, 1.82) is 0 Å². The second-order valence-corrected chi connectivity index (χ2v) is 3.66. The number of benzene rings is 1. The van der Waals surface area contributed by atoms with Crippen LogP contribution in [-0.2, 0) is 9.50 Å². The monoisotopic (exact) mass is 234 g/mol. The van der Waals surface area contributed by atoms with Gasteiger partial charge in [-0.3, -0.25) is 0 Å². The van der Waals surface area contributed by atoms with E-state index in [1.165, 1.54) is 0 Å². The van der Waals surface area contributed by atoms with E-state index in [4.69, 9.17) is 5.11 Å². The van der Waals surface area contributed by atoms with Crippen LogP contribution in [0.1, 0.15) is 5.56 Å². The van der Waals surface area contributed by atoms with Gasteiger partial charge in [-0.15, -0.1) is 0 Å². The number of aliphatic carboxylic acids is 1. The molecule has 90 valence electrons.